The SMILES string of the molecule is COc1ccc(C2(C(=O)N3CCN4CCS(=O)(=O)N(C5CC5)C(=O)C4C3)CC2)cc1. The minimum Gasteiger partial charge on any atom is -0.497 e. The summed E-state index contributed by atoms with van der Waals surface area (Å²) in [4.78, 5) is 30.4. The summed E-state index contributed by atoms with van der Waals surface area (Å²) in [6, 6.07) is 6.85. The van der Waals surface area contributed by atoms with Crippen molar-refractivity contribution >= 4 is 21.8 Å². The molecular formula is C21H27N3O5S. The smallest absolute Gasteiger partial charge is 0.255 e. The van der Waals surface area contributed by atoms with E-state index in [0.717, 1.165) is 41.3 Å². The average molecular weight is 434 g/mol. The van der Waals surface area contributed by atoms with Crippen molar-refractivity contribution in [3.63, 3.8) is 0 Å². The van der Waals surface area contributed by atoms with Crippen LogP contribution in [0.4, 0.5) is 0 Å². The van der Waals surface area contributed by atoms with Gasteiger partial charge in [-0.05, 0) is 43.4 Å². The number of sulfonamides is 1. The van der Waals surface area contributed by atoms with Crippen molar-refractivity contribution in [2.75, 3.05) is 39.0 Å². The van der Waals surface area contributed by atoms with Gasteiger partial charge < -0.3 is 9.64 Å². The summed E-state index contributed by atoms with van der Waals surface area (Å²) in [5.74, 6) is 0.406. The van der Waals surface area contributed by atoms with E-state index >= 15 is 0 Å². The lowest BCUT2D eigenvalue weighted by Crippen LogP contribution is -2.60. The number of fused-ring (bicyclic) bond motifs is 1. The molecule has 2 aliphatic heterocycles. The summed E-state index contributed by atoms with van der Waals surface area (Å²) >= 11 is 0. The Bertz CT molecular complexity index is 969. The maximum Gasteiger partial charge on any atom is 0.255 e. The molecule has 1 aromatic rings. The largest absolute Gasteiger partial charge is 0.497 e. The molecule has 0 bridgehead atoms. The van der Waals surface area contributed by atoms with E-state index in [-0.39, 0.29) is 30.2 Å². The molecule has 8 nitrogen and oxygen atoms in total. The van der Waals surface area contributed by atoms with Crippen LogP contribution in [0.15, 0.2) is 24.3 Å². The minimum atomic E-state index is -3.58. The van der Waals surface area contributed by atoms with Crippen LogP contribution in [0.2, 0.25) is 0 Å². The number of hydrogen-bond donors (Lipinski definition) is 0. The maximum atomic E-state index is 13.5. The van der Waals surface area contributed by atoms with Crippen LogP contribution in [0.1, 0.15) is 31.2 Å². The Balaban J connectivity index is 1.37. The number of hydrogen-bond acceptors (Lipinski definition) is 6. The van der Waals surface area contributed by atoms with E-state index in [1.165, 1.54) is 0 Å². The zero-order valence-corrected chi connectivity index (χ0v) is 17.9. The number of ether oxygens (including phenoxy) is 1. The first-order chi connectivity index (χ1) is 14.4. The lowest BCUT2D eigenvalue weighted by molar-refractivity contribution is -0.142. The monoisotopic (exact) mass is 433 g/mol. The van der Waals surface area contributed by atoms with E-state index in [0.29, 0.717) is 19.6 Å². The summed E-state index contributed by atoms with van der Waals surface area (Å²) in [5, 5.41) is 0. The first-order valence-corrected chi connectivity index (χ1v) is 12.2. The van der Waals surface area contributed by atoms with Gasteiger partial charge in [0.15, 0.2) is 0 Å². The van der Waals surface area contributed by atoms with Crippen LogP contribution in [0.25, 0.3) is 0 Å². The summed E-state index contributed by atoms with van der Waals surface area (Å²) < 4.78 is 31.6. The fraction of sp³-hybridized carbons (Fsp3) is 0.619. The second-order valence-electron chi connectivity index (χ2n) is 8.79. The highest BCUT2D eigenvalue weighted by Crippen LogP contribution is 2.50. The predicted octanol–water partition coefficient (Wildman–Crippen LogP) is 0.574. The third-order valence-corrected chi connectivity index (χ3v) is 8.67. The number of benzene rings is 1. The Morgan fingerprint density at radius 1 is 1.10 bits per heavy atom. The van der Waals surface area contributed by atoms with Crippen LogP contribution in [0.3, 0.4) is 0 Å². The number of rotatable bonds is 4. The molecular weight excluding hydrogens is 406 g/mol. The number of carbonyl (C=O) groups excluding carboxylic acids is 2. The zero-order valence-electron chi connectivity index (χ0n) is 17.1. The molecule has 0 radical (unpaired) electrons. The van der Waals surface area contributed by atoms with E-state index in [9.17, 15) is 18.0 Å². The van der Waals surface area contributed by atoms with Crippen molar-refractivity contribution in [3.8, 4) is 5.75 Å². The van der Waals surface area contributed by atoms with Crippen LogP contribution in [0, 0.1) is 0 Å². The Kier molecular flexibility index (Phi) is 4.59. The van der Waals surface area contributed by atoms with Gasteiger partial charge in [0, 0.05) is 32.2 Å². The lowest BCUT2D eigenvalue weighted by Gasteiger charge is -2.41. The molecule has 30 heavy (non-hydrogen) atoms. The normalized spacial score (nSPS) is 27.9. The molecule has 5 rings (SSSR count). The van der Waals surface area contributed by atoms with Crippen LogP contribution in [-0.2, 0) is 25.0 Å². The fourth-order valence-electron chi connectivity index (χ4n) is 4.80. The van der Waals surface area contributed by atoms with Gasteiger partial charge in [-0.25, -0.2) is 12.7 Å². The molecule has 2 saturated heterocycles. The molecule has 0 aromatic heterocycles. The van der Waals surface area contributed by atoms with Crippen molar-refractivity contribution in [3.05, 3.63) is 29.8 Å². The standard InChI is InChI=1S/C21H27N3O5S/c1-29-17-6-2-15(3-7-17)21(8-9-21)20(26)23-11-10-22-12-13-30(27,28)24(16-4-5-16)19(25)18(22)14-23/h2-3,6-7,16,18H,4-5,8-14H2,1H3. The highest BCUT2D eigenvalue weighted by molar-refractivity contribution is 7.89. The van der Waals surface area contributed by atoms with Gasteiger partial charge in [0.05, 0.1) is 18.3 Å². The molecule has 4 aliphatic rings. The topological polar surface area (TPSA) is 87.2 Å². The van der Waals surface area contributed by atoms with Crippen molar-refractivity contribution < 1.29 is 22.7 Å². The molecule has 1 atom stereocenters. The van der Waals surface area contributed by atoms with Crippen molar-refractivity contribution in [2.45, 2.75) is 43.2 Å². The third-order valence-electron chi connectivity index (χ3n) is 6.90. The molecule has 162 valence electrons. The molecule has 2 saturated carbocycles. The highest BCUT2D eigenvalue weighted by Gasteiger charge is 2.55. The van der Waals surface area contributed by atoms with Gasteiger partial charge in [-0.2, -0.15) is 0 Å². The van der Waals surface area contributed by atoms with Gasteiger partial charge >= 0.3 is 0 Å². The lowest BCUT2D eigenvalue weighted by atomic mass is 9.93. The van der Waals surface area contributed by atoms with Gasteiger partial charge in [-0.3, -0.25) is 14.5 Å². The van der Waals surface area contributed by atoms with E-state index < -0.39 is 21.5 Å². The first kappa shape index (κ1) is 19.8. The van der Waals surface area contributed by atoms with Gasteiger partial charge in [0.1, 0.15) is 11.8 Å². The molecule has 0 spiro atoms. The van der Waals surface area contributed by atoms with Gasteiger partial charge in [-0.15, -0.1) is 0 Å². The first-order valence-electron chi connectivity index (χ1n) is 10.6. The molecule has 1 unspecified atom stereocenters. The maximum absolute atomic E-state index is 13.5. The summed E-state index contributed by atoms with van der Waals surface area (Å²) in [5.41, 5.74) is 0.454. The van der Waals surface area contributed by atoms with Gasteiger partial charge in [0.2, 0.25) is 15.9 Å². The van der Waals surface area contributed by atoms with Crippen molar-refractivity contribution in [2.24, 2.45) is 0 Å². The highest BCUT2D eigenvalue weighted by atomic mass is 32.2. The molecule has 2 heterocycles. The average Bonchev–Trinajstić information content (AvgIpc) is 3.65. The van der Waals surface area contributed by atoms with Gasteiger partial charge in [-0.1, -0.05) is 12.1 Å². The summed E-state index contributed by atoms with van der Waals surface area (Å²) in [6.45, 7) is 1.64. The fourth-order valence-corrected chi connectivity index (χ4v) is 6.52. The predicted molar refractivity (Wildman–Crippen MR) is 110 cm³/mol. The Morgan fingerprint density at radius 2 is 1.80 bits per heavy atom. The third kappa shape index (κ3) is 3.19. The minimum absolute atomic E-state index is 0.0323. The van der Waals surface area contributed by atoms with Crippen molar-refractivity contribution in [1.29, 1.82) is 0 Å². The Morgan fingerprint density at radius 3 is 2.40 bits per heavy atom. The van der Waals surface area contributed by atoms with E-state index in [1.54, 1.807) is 12.0 Å². The molecule has 2 aliphatic carbocycles. The summed E-state index contributed by atoms with van der Waals surface area (Å²) in [6.07, 6.45) is 3.06. The second kappa shape index (κ2) is 6.95. The van der Waals surface area contributed by atoms with Crippen LogP contribution >= 0.6 is 0 Å². The Hall–Kier alpha value is -2.13. The quantitative estimate of drug-likeness (QED) is 0.690. The van der Waals surface area contributed by atoms with Crippen LogP contribution in [0.5, 0.6) is 5.75 Å². The molecule has 9 heteroatoms. The molecule has 4 fully saturated rings. The van der Waals surface area contributed by atoms with Crippen LogP contribution in [-0.4, -0.2) is 85.5 Å². The molecule has 0 N–H and O–H groups in total. The van der Waals surface area contributed by atoms with Crippen molar-refractivity contribution in [1.82, 2.24) is 14.1 Å². The zero-order chi connectivity index (χ0) is 21.1. The van der Waals surface area contributed by atoms with E-state index in [4.69, 9.17) is 4.74 Å². The van der Waals surface area contributed by atoms with E-state index in [1.807, 2.05) is 29.2 Å². The van der Waals surface area contributed by atoms with Crippen LogP contribution < -0.4 is 4.74 Å². The number of carbonyl (C=O) groups is 2. The molecule has 2 amide bonds. The van der Waals surface area contributed by atoms with Gasteiger partial charge in [0.25, 0.3) is 5.91 Å². The summed E-state index contributed by atoms with van der Waals surface area (Å²) in [7, 11) is -1.97. The second-order valence-corrected chi connectivity index (χ2v) is 10.8. The molecule has 1 aromatic carbocycles. The van der Waals surface area contributed by atoms with E-state index in [2.05, 4.69) is 0 Å². The number of piperazine rings is 1. The Labute approximate surface area is 176 Å². The number of methoxy groups -OCH3 is 1. The number of amides is 2. The number of nitrogens with zero attached hydrogens (tertiary/aromatic N) is 3.